The van der Waals surface area contributed by atoms with E-state index in [1.807, 2.05) is 25.1 Å². The number of halogens is 1. The van der Waals surface area contributed by atoms with Crippen LogP contribution in [0.25, 0.3) is 0 Å². The standard InChI is InChI=1S/C14H18BrNO3/c1-3-10-9-11(15)5-6-12(10)16-13(17)7-8-14(18)19-4-2/h5-6,9H,3-4,7-8H2,1-2H3,(H,16,17). The quantitative estimate of drug-likeness (QED) is 0.815. The van der Waals surface area contributed by atoms with Gasteiger partial charge in [0.15, 0.2) is 0 Å². The van der Waals surface area contributed by atoms with Crippen molar-refractivity contribution < 1.29 is 14.3 Å². The first-order valence-electron chi connectivity index (χ1n) is 6.30. The molecule has 1 rings (SSSR count). The molecule has 1 N–H and O–H groups in total. The van der Waals surface area contributed by atoms with Gasteiger partial charge in [-0.2, -0.15) is 0 Å². The number of amides is 1. The number of aryl methyl sites for hydroxylation is 1. The second-order valence-electron chi connectivity index (χ2n) is 4.01. The molecular formula is C14H18BrNO3. The fourth-order valence-corrected chi connectivity index (χ4v) is 2.05. The number of rotatable bonds is 6. The van der Waals surface area contributed by atoms with Gasteiger partial charge in [0.1, 0.15) is 0 Å². The Bertz CT molecular complexity index is 460. The van der Waals surface area contributed by atoms with Crippen LogP contribution in [-0.4, -0.2) is 18.5 Å². The van der Waals surface area contributed by atoms with Crippen molar-refractivity contribution in [1.29, 1.82) is 0 Å². The lowest BCUT2D eigenvalue weighted by Gasteiger charge is -2.10. The number of carbonyl (C=O) groups excluding carboxylic acids is 2. The van der Waals surface area contributed by atoms with Crippen molar-refractivity contribution in [2.75, 3.05) is 11.9 Å². The van der Waals surface area contributed by atoms with E-state index in [9.17, 15) is 9.59 Å². The molecule has 1 aromatic rings. The normalized spacial score (nSPS) is 10.1. The molecule has 104 valence electrons. The van der Waals surface area contributed by atoms with E-state index in [4.69, 9.17) is 4.74 Å². The topological polar surface area (TPSA) is 55.4 Å². The highest BCUT2D eigenvalue weighted by atomic mass is 79.9. The molecule has 0 aromatic heterocycles. The van der Waals surface area contributed by atoms with Crippen LogP contribution in [-0.2, 0) is 20.7 Å². The maximum atomic E-state index is 11.7. The van der Waals surface area contributed by atoms with Gasteiger partial charge in [0.25, 0.3) is 0 Å². The lowest BCUT2D eigenvalue weighted by Crippen LogP contribution is -2.15. The van der Waals surface area contributed by atoms with Gasteiger partial charge in [0.05, 0.1) is 13.0 Å². The van der Waals surface area contributed by atoms with E-state index in [1.54, 1.807) is 6.92 Å². The highest BCUT2D eigenvalue weighted by molar-refractivity contribution is 9.10. The van der Waals surface area contributed by atoms with Gasteiger partial charge in [-0.15, -0.1) is 0 Å². The molecule has 0 aliphatic carbocycles. The van der Waals surface area contributed by atoms with Gasteiger partial charge < -0.3 is 10.1 Å². The van der Waals surface area contributed by atoms with E-state index in [-0.39, 0.29) is 24.7 Å². The monoisotopic (exact) mass is 327 g/mol. The summed E-state index contributed by atoms with van der Waals surface area (Å²) in [4.78, 5) is 22.9. The highest BCUT2D eigenvalue weighted by Crippen LogP contribution is 2.21. The molecule has 0 saturated heterocycles. The fourth-order valence-electron chi connectivity index (χ4n) is 1.64. The van der Waals surface area contributed by atoms with Gasteiger partial charge in [-0.05, 0) is 37.1 Å². The van der Waals surface area contributed by atoms with Crippen molar-refractivity contribution in [3.8, 4) is 0 Å². The van der Waals surface area contributed by atoms with Gasteiger partial charge >= 0.3 is 5.97 Å². The minimum absolute atomic E-state index is 0.109. The fraction of sp³-hybridized carbons (Fsp3) is 0.429. The largest absolute Gasteiger partial charge is 0.466 e. The molecule has 0 saturated carbocycles. The number of ether oxygens (including phenoxy) is 1. The average molecular weight is 328 g/mol. The summed E-state index contributed by atoms with van der Waals surface area (Å²) in [5, 5.41) is 2.82. The lowest BCUT2D eigenvalue weighted by atomic mass is 10.1. The summed E-state index contributed by atoms with van der Waals surface area (Å²) in [5.41, 5.74) is 1.85. The van der Waals surface area contributed by atoms with Crippen molar-refractivity contribution in [3.05, 3.63) is 28.2 Å². The van der Waals surface area contributed by atoms with Crippen molar-refractivity contribution in [3.63, 3.8) is 0 Å². The van der Waals surface area contributed by atoms with Crippen LogP contribution in [0, 0.1) is 0 Å². The second-order valence-corrected chi connectivity index (χ2v) is 4.92. The predicted molar refractivity (Wildman–Crippen MR) is 78.0 cm³/mol. The number of hydrogen-bond acceptors (Lipinski definition) is 3. The van der Waals surface area contributed by atoms with E-state index in [1.165, 1.54) is 0 Å². The van der Waals surface area contributed by atoms with E-state index in [2.05, 4.69) is 21.2 Å². The Morgan fingerprint density at radius 3 is 2.63 bits per heavy atom. The van der Waals surface area contributed by atoms with Crippen LogP contribution in [0.5, 0.6) is 0 Å². The molecule has 0 fully saturated rings. The molecule has 4 nitrogen and oxygen atoms in total. The zero-order chi connectivity index (χ0) is 14.3. The molecule has 19 heavy (non-hydrogen) atoms. The molecule has 1 aromatic carbocycles. The van der Waals surface area contributed by atoms with Crippen molar-refractivity contribution >= 4 is 33.5 Å². The molecule has 5 heteroatoms. The van der Waals surface area contributed by atoms with Gasteiger partial charge in [-0.3, -0.25) is 9.59 Å². The number of hydrogen-bond donors (Lipinski definition) is 1. The summed E-state index contributed by atoms with van der Waals surface area (Å²) in [6, 6.07) is 5.70. The molecule has 0 atom stereocenters. The molecule has 0 heterocycles. The van der Waals surface area contributed by atoms with Gasteiger partial charge in [-0.1, -0.05) is 22.9 Å². The summed E-state index contributed by atoms with van der Waals surface area (Å²) in [7, 11) is 0. The molecule has 0 aliphatic rings. The second kappa shape index (κ2) is 7.94. The van der Waals surface area contributed by atoms with Crippen LogP contribution in [0.3, 0.4) is 0 Å². The summed E-state index contributed by atoms with van der Waals surface area (Å²) in [6.07, 6.45) is 1.07. The average Bonchev–Trinajstić information content (AvgIpc) is 2.39. The van der Waals surface area contributed by atoms with E-state index < -0.39 is 0 Å². The molecular weight excluding hydrogens is 310 g/mol. The Kier molecular flexibility index (Phi) is 6.56. The zero-order valence-corrected chi connectivity index (χ0v) is 12.7. The molecule has 0 bridgehead atoms. The summed E-state index contributed by atoms with van der Waals surface area (Å²) in [6.45, 7) is 4.11. The SMILES string of the molecule is CCOC(=O)CCC(=O)Nc1ccc(Br)cc1CC. The van der Waals surface area contributed by atoms with Gasteiger partial charge in [0.2, 0.25) is 5.91 Å². The van der Waals surface area contributed by atoms with Gasteiger partial charge in [0, 0.05) is 16.6 Å². The van der Waals surface area contributed by atoms with Gasteiger partial charge in [-0.25, -0.2) is 0 Å². The number of anilines is 1. The Balaban J connectivity index is 2.55. The minimum atomic E-state index is -0.343. The summed E-state index contributed by atoms with van der Waals surface area (Å²) >= 11 is 3.40. The first-order chi connectivity index (χ1) is 9.06. The van der Waals surface area contributed by atoms with Crippen LogP contribution < -0.4 is 5.32 Å². The van der Waals surface area contributed by atoms with Crippen LogP contribution >= 0.6 is 15.9 Å². The summed E-state index contributed by atoms with van der Waals surface area (Å²) < 4.78 is 5.76. The molecule has 0 radical (unpaired) electrons. The first-order valence-corrected chi connectivity index (χ1v) is 7.10. The van der Waals surface area contributed by atoms with E-state index in [0.29, 0.717) is 6.61 Å². The smallest absolute Gasteiger partial charge is 0.306 e. The number of nitrogens with one attached hydrogen (secondary N) is 1. The molecule has 0 spiro atoms. The third-order valence-corrected chi connectivity index (χ3v) is 3.08. The van der Waals surface area contributed by atoms with Crippen molar-refractivity contribution in [1.82, 2.24) is 0 Å². The maximum Gasteiger partial charge on any atom is 0.306 e. The first kappa shape index (κ1) is 15.7. The van der Waals surface area contributed by atoms with E-state index in [0.717, 1.165) is 22.1 Å². The Labute approximate surface area is 121 Å². The van der Waals surface area contributed by atoms with E-state index >= 15 is 0 Å². The zero-order valence-electron chi connectivity index (χ0n) is 11.2. The number of esters is 1. The number of benzene rings is 1. The van der Waals surface area contributed by atoms with Crippen LogP contribution in [0.15, 0.2) is 22.7 Å². The number of carbonyl (C=O) groups is 2. The Morgan fingerprint density at radius 1 is 1.26 bits per heavy atom. The van der Waals surface area contributed by atoms with Crippen LogP contribution in [0.1, 0.15) is 32.3 Å². The third-order valence-electron chi connectivity index (χ3n) is 2.58. The predicted octanol–water partition coefficient (Wildman–Crippen LogP) is 3.29. The highest BCUT2D eigenvalue weighted by Gasteiger charge is 2.09. The molecule has 1 amide bonds. The van der Waals surface area contributed by atoms with Crippen LogP contribution in [0.4, 0.5) is 5.69 Å². The Morgan fingerprint density at radius 2 is 2.00 bits per heavy atom. The maximum absolute atomic E-state index is 11.7. The molecule has 0 aliphatic heterocycles. The lowest BCUT2D eigenvalue weighted by molar-refractivity contribution is -0.144. The summed E-state index contributed by atoms with van der Waals surface area (Å²) in [5.74, 6) is -0.519. The van der Waals surface area contributed by atoms with Crippen molar-refractivity contribution in [2.24, 2.45) is 0 Å². The molecule has 0 unspecified atom stereocenters. The van der Waals surface area contributed by atoms with Crippen LogP contribution in [0.2, 0.25) is 0 Å². The van der Waals surface area contributed by atoms with Crippen molar-refractivity contribution in [2.45, 2.75) is 33.1 Å². The third kappa shape index (κ3) is 5.42. The Hall–Kier alpha value is -1.36. The minimum Gasteiger partial charge on any atom is -0.466 e.